The second kappa shape index (κ2) is 11.0. The normalized spacial score (nSPS) is 12.8. The molecule has 0 spiro atoms. The zero-order valence-corrected chi connectivity index (χ0v) is 21.7. The second-order valence-corrected chi connectivity index (χ2v) is 9.78. The van der Waals surface area contributed by atoms with Gasteiger partial charge in [-0.1, -0.05) is 30.3 Å². The van der Waals surface area contributed by atoms with Gasteiger partial charge >= 0.3 is 6.09 Å². The molecule has 3 N–H and O–H groups in total. The summed E-state index contributed by atoms with van der Waals surface area (Å²) in [5.74, 6) is 0.430. The maximum absolute atomic E-state index is 13.7. The van der Waals surface area contributed by atoms with Crippen molar-refractivity contribution < 1.29 is 19.1 Å². The number of nitrogens with one attached hydrogen (secondary N) is 3. The van der Waals surface area contributed by atoms with Gasteiger partial charge < -0.3 is 30.0 Å². The third-order valence-corrected chi connectivity index (χ3v) is 7.53. The molecule has 8 nitrogen and oxygen atoms in total. The van der Waals surface area contributed by atoms with E-state index in [1.807, 2.05) is 55.6 Å². The molecule has 3 heterocycles. The molecule has 1 aliphatic heterocycles. The van der Waals surface area contributed by atoms with E-state index in [1.54, 1.807) is 11.8 Å². The molecule has 0 radical (unpaired) electrons. The zero-order chi connectivity index (χ0) is 25.8. The highest BCUT2D eigenvalue weighted by molar-refractivity contribution is 7.16. The second-order valence-electron chi connectivity index (χ2n) is 8.67. The standard InChI is InChI=1S/C28H30N4O4S/c1-3-35-23-12-8-7-11-22(23)31-26(33)25-20-13-14-32(28(34)36-4-2)17-24(20)37-27(25)30-16-18-15-29-21-10-6-5-9-19(18)21/h5-12,15,29-30H,3-4,13-14,16-17H2,1-2H3,(H,31,33). The molecule has 9 heteroatoms. The third-order valence-electron chi connectivity index (χ3n) is 6.36. The molecule has 5 rings (SSSR count). The summed E-state index contributed by atoms with van der Waals surface area (Å²) in [5, 5.41) is 8.49. The first-order valence-corrected chi connectivity index (χ1v) is 13.3. The van der Waals surface area contributed by atoms with Crippen LogP contribution in [0.2, 0.25) is 0 Å². The average Bonchev–Trinajstić information content (AvgIpc) is 3.49. The number of hydrogen-bond acceptors (Lipinski definition) is 6. The molecule has 2 amide bonds. The van der Waals surface area contributed by atoms with Gasteiger partial charge in [0.2, 0.25) is 0 Å². The van der Waals surface area contributed by atoms with Crippen LogP contribution >= 0.6 is 11.3 Å². The number of nitrogens with zero attached hydrogens (tertiary/aromatic N) is 1. The number of rotatable bonds is 8. The van der Waals surface area contributed by atoms with Crippen molar-refractivity contribution in [1.29, 1.82) is 0 Å². The fraction of sp³-hybridized carbons (Fsp3) is 0.286. The van der Waals surface area contributed by atoms with Gasteiger partial charge in [-0.2, -0.15) is 0 Å². The summed E-state index contributed by atoms with van der Waals surface area (Å²) in [5.41, 5.74) is 4.40. The molecular weight excluding hydrogens is 488 g/mol. The molecule has 0 atom stereocenters. The quantitative estimate of drug-likeness (QED) is 0.266. The number of benzene rings is 2. The third kappa shape index (κ3) is 5.13. The number of H-pyrrole nitrogens is 1. The monoisotopic (exact) mass is 518 g/mol. The lowest BCUT2D eigenvalue weighted by Gasteiger charge is -2.26. The number of para-hydroxylation sites is 3. The van der Waals surface area contributed by atoms with Crippen molar-refractivity contribution in [2.75, 3.05) is 30.4 Å². The number of hydrogen-bond donors (Lipinski definition) is 3. The maximum Gasteiger partial charge on any atom is 0.410 e. The van der Waals surface area contributed by atoms with Gasteiger partial charge in [0.25, 0.3) is 5.91 Å². The summed E-state index contributed by atoms with van der Waals surface area (Å²) < 4.78 is 10.9. The highest BCUT2D eigenvalue weighted by Gasteiger charge is 2.30. The molecule has 4 aromatic rings. The molecular formula is C28H30N4O4S. The first kappa shape index (κ1) is 24.7. The van der Waals surface area contributed by atoms with Gasteiger partial charge in [-0.25, -0.2) is 4.79 Å². The highest BCUT2D eigenvalue weighted by atomic mass is 32.1. The van der Waals surface area contributed by atoms with E-state index in [0.717, 1.165) is 31.9 Å². The van der Waals surface area contributed by atoms with Crippen molar-refractivity contribution in [1.82, 2.24) is 9.88 Å². The number of carbonyl (C=O) groups is 2. The number of ether oxygens (including phenoxy) is 2. The van der Waals surface area contributed by atoms with Crippen LogP contribution in [0.15, 0.2) is 54.7 Å². The van der Waals surface area contributed by atoms with E-state index in [1.165, 1.54) is 11.3 Å². The van der Waals surface area contributed by atoms with Crippen LogP contribution in [0.4, 0.5) is 15.5 Å². The topological polar surface area (TPSA) is 95.7 Å². The van der Waals surface area contributed by atoms with Crippen molar-refractivity contribution in [3.8, 4) is 5.75 Å². The Hall–Kier alpha value is -3.98. The number of thiophene rings is 1. The van der Waals surface area contributed by atoms with Crippen molar-refractivity contribution in [2.24, 2.45) is 0 Å². The number of amides is 2. The molecule has 2 aromatic carbocycles. The summed E-state index contributed by atoms with van der Waals surface area (Å²) in [7, 11) is 0. The Morgan fingerprint density at radius 3 is 2.73 bits per heavy atom. The first-order chi connectivity index (χ1) is 18.1. The Kier molecular flexibility index (Phi) is 7.32. The molecule has 0 saturated carbocycles. The predicted molar refractivity (Wildman–Crippen MR) is 147 cm³/mol. The fourth-order valence-electron chi connectivity index (χ4n) is 4.63. The number of aromatic nitrogens is 1. The highest BCUT2D eigenvalue weighted by Crippen LogP contribution is 2.39. The van der Waals surface area contributed by atoms with E-state index < -0.39 is 0 Å². The SMILES string of the molecule is CCOC(=O)N1CCc2c(sc(NCc3c[nH]c4ccccc34)c2C(=O)Nc2ccccc2OCC)C1. The van der Waals surface area contributed by atoms with Crippen molar-refractivity contribution in [2.45, 2.75) is 33.4 Å². The molecule has 0 unspecified atom stereocenters. The van der Waals surface area contributed by atoms with Gasteiger partial charge in [0, 0.05) is 35.1 Å². The molecule has 0 bridgehead atoms. The number of aromatic amines is 1. The lowest BCUT2D eigenvalue weighted by Crippen LogP contribution is -2.36. The molecule has 2 aromatic heterocycles. The lowest BCUT2D eigenvalue weighted by molar-refractivity contribution is 0.102. The van der Waals surface area contributed by atoms with Crippen LogP contribution in [0.1, 0.15) is 40.2 Å². The van der Waals surface area contributed by atoms with Crippen LogP contribution in [0.3, 0.4) is 0 Å². The first-order valence-electron chi connectivity index (χ1n) is 12.5. The maximum atomic E-state index is 13.7. The van der Waals surface area contributed by atoms with E-state index in [4.69, 9.17) is 9.47 Å². The van der Waals surface area contributed by atoms with Gasteiger partial charge in [-0.05, 0) is 49.6 Å². The molecule has 1 aliphatic rings. The largest absolute Gasteiger partial charge is 0.492 e. The number of anilines is 2. The summed E-state index contributed by atoms with van der Waals surface area (Å²) in [6.45, 7) is 6.02. The Balaban J connectivity index is 1.45. The van der Waals surface area contributed by atoms with E-state index in [9.17, 15) is 9.59 Å². The van der Waals surface area contributed by atoms with E-state index in [2.05, 4.69) is 21.7 Å². The molecule has 0 saturated heterocycles. The minimum atomic E-state index is -0.327. The lowest BCUT2D eigenvalue weighted by atomic mass is 10.0. The minimum Gasteiger partial charge on any atom is -0.492 e. The summed E-state index contributed by atoms with van der Waals surface area (Å²) in [4.78, 5) is 32.1. The average molecular weight is 519 g/mol. The van der Waals surface area contributed by atoms with Gasteiger partial charge in [0.05, 0.1) is 31.0 Å². The Morgan fingerprint density at radius 2 is 1.89 bits per heavy atom. The van der Waals surface area contributed by atoms with Gasteiger partial charge in [0.15, 0.2) is 0 Å². The molecule has 192 valence electrons. The number of carbonyl (C=O) groups excluding carboxylic acids is 2. The molecule has 0 aliphatic carbocycles. The van der Waals surface area contributed by atoms with Crippen LogP contribution in [-0.2, 0) is 24.2 Å². The van der Waals surface area contributed by atoms with E-state index in [-0.39, 0.29) is 12.0 Å². The number of fused-ring (bicyclic) bond motifs is 2. The summed E-state index contributed by atoms with van der Waals surface area (Å²) in [6.07, 6.45) is 2.24. The Labute approximate surface area is 219 Å². The van der Waals surface area contributed by atoms with E-state index >= 15 is 0 Å². The van der Waals surface area contributed by atoms with Crippen molar-refractivity contribution >= 4 is 44.9 Å². The van der Waals surface area contributed by atoms with Crippen LogP contribution in [0.5, 0.6) is 5.75 Å². The minimum absolute atomic E-state index is 0.198. The smallest absolute Gasteiger partial charge is 0.410 e. The van der Waals surface area contributed by atoms with Gasteiger partial charge in [0.1, 0.15) is 10.8 Å². The zero-order valence-electron chi connectivity index (χ0n) is 20.9. The van der Waals surface area contributed by atoms with Crippen LogP contribution < -0.4 is 15.4 Å². The van der Waals surface area contributed by atoms with E-state index in [0.29, 0.717) is 56.3 Å². The molecule has 0 fully saturated rings. The summed E-state index contributed by atoms with van der Waals surface area (Å²) in [6, 6.07) is 15.6. The van der Waals surface area contributed by atoms with Gasteiger partial charge in [-0.15, -0.1) is 11.3 Å². The van der Waals surface area contributed by atoms with Crippen LogP contribution in [-0.4, -0.2) is 41.6 Å². The fourth-order valence-corrected chi connectivity index (χ4v) is 5.88. The molecule has 37 heavy (non-hydrogen) atoms. The van der Waals surface area contributed by atoms with Crippen molar-refractivity contribution in [3.05, 3.63) is 76.3 Å². The van der Waals surface area contributed by atoms with Crippen molar-refractivity contribution in [3.63, 3.8) is 0 Å². The Bertz CT molecular complexity index is 1430. The van der Waals surface area contributed by atoms with Crippen LogP contribution in [0.25, 0.3) is 10.9 Å². The summed E-state index contributed by atoms with van der Waals surface area (Å²) >= 11 is 1.52. The predicted octanol–water partition coefficient (Wildman–Crippen LogP) is 6.01. The Morgan fingerprint density at radius 1 is 1.08 bits per heavy atom. The van der Waals surface area contributed by atoms with Gasteiger partial charge in [-0.3, -0.25) is 4.79 Å². The van der Waals surface area contributed by atoms with Crippen LogP contribution in [0, 0.1) is 0 Å².